The van der Waals surface area contributed by atoms with Crippen LogP contribution in [0.25, 0.3) is 0 Å². The molecule has 2 atom stereocenters. The van der Waals surface area contributed by atoms with E-state index in [9.17, 15) is 9.59 Å². The number of thiophene rings is 1. The van der Waals surface area contributed by atoms with Gasteiger partial charge in [0.05, 0.1) is 6.04 Å². The Morgan fingerprint density at radius 2 is 1.93 bits per heavy atom. The first kappa shape index (κ1) is 22.5. The van der Waals surface area contributed by atoms with E-state index in [4.69, 9.17) is 0 Å². The standard InChI is InChI=1S/C25H34N2O2S/c1-5-7-8-23(28)27(19(4)6-2)17-24(29)26-15-13-22-21(14-16-30-22)25(26)20-11-9-18(3)10-12-20/h9-12,14,16,19,25H,5-8,13,15,17H2,1-4H3/t19-,25-/m1/s1. The molecule has 0 bridgehead atoms. The van der Waals surface area contributed by atoms with E-state index >= 15 is 0 Å². The van der Waals surface area contributed by atoms with Crippen molar-refractivity contribution in [2.24, 2.45) is 0 Å². The van der Waals surface area contributed by atoms with Gasteiger partial charge in [0, 0.05) is 23.9 Å². The predicted octanol–water partition coefficient (Wildman–Crippen LogP) is 5.35. The largest absolute Gasteiger partial charge is 0.331 e. The fourth-order valence-electron chi connectivity index (χ4n) is 4.11. The average Bonchev–Trinajstić information content (AvgIpc) is 3.24. The maximum atomic E-state index is 13.5. The molecular formula is C25H34N2O2S. The van der Waals surface area contributed by atoms with Crippen LogP contribution in [0, 0.1) is 6.92 Å². The molecule has 0 saturated carbocycles. The van der Waals surface area contributed by atoms with E-state index in [-0.39, 0.29) is 30.4 Å². The second-order valence-electron chi connectivity index (χ2n) is 8.33. The third kappa shape index (κ3) is 4.94. The summed E-state index contributed by atoms with van der Waals surface area (Å²) in [5.41, 5.74) is 3.58. The zero-order valence-electron chi connectivity index (χ0n) is 18.7. The van der Waals surface area contributed by atoms with Crippen LogP contribution in [0.1, 0.15) is 74.1 Å². The second-order valence-corrected chi connectivity index (χ2v) is 9.33. The van der Waals surface area contributed by atoms with Crippen LogP contribution in [0.5, 0.6) is 0 Å². The minimum atomic E-state index is -0.0716. The molecule has 3 rings (SSSR count). The highest BCUT2D eigenvalue weighted by Crippen LogP contribution is 2.38. The monoisotopic (exact) mass is 426 g/mol. The van der Waals surface area contributed by atoms with Gasteiger partial charge in [0.2, 0.25) is 11.8 Å². The van der Waals surface area contributed by atoms with Crippen molar-refractivity contribution in [1.29, 1.82) is 0 Å². The fraction of sp³-hybridized carbons (Fsp3) is 0.520. The van der Waals surface area contributed by atoms with E-state index in [1.165, 1.54) is 16.0 Å². The van der Waals surface area contributed by atoms with Crippen LogP contribution in [-0.2, 0) is 16.0 Å². The van der Waals surface area contributed by atoms with Crippen LogP contribution in [0.4, 0.5) is 0 Å². The number of nitrogens with zero attached hydrogens (tertiary/aromatic N) is 2. The lowest BCUT2D eigenvalue weighted by molar-refractivity contribution is -0.143. The Bertz CT molecular complexity index is 858. The number of carbonyl (C=O) groups is 2. The molecule has 1 aromatic carbocycles. The summed E-state index contributed by atoms with van der Waals surface area (Å²) in [6.07, 6.45) is 4.10. The van der Waals surface area contributed by atoms with Crippen LogP contribution in [-0.4, -0.2) is 40.7 Å². The van der Waals surface area contributed by atoms with E-state index in [1.807, 2.05) is 11.8 Å². The van der Waals surface area contributed by atoms with Crippen LogP contribution in [0.3, 0.4) is 0 Å². The van der Waals surface area contributed by atoms with E-state index < -0.39 is 0 Å². The normalized spacial score (nSPS) is 16.8. The summed E-state index contributed by atoms with van der Waals surface area (Å²) in [6, 6.07) is 10.6. The number of amides is 2. The zero-order valence-corrected chi connectivity index (χ0v) is 19.5. The van der Waals surface area contributed by atoms with Crippen molar-refractivity contribution in [3.8, 4) is 0 Å². The highest BCUT2D eigenvalue weighted by atomic mass is 32.1. The lowest BCUT2D eigenvalue weighted by Gasteiger charge is -2.38. The summed E-state index contributed by atoms with van der Waals surface area (Å²) in [4.78, 5) is 31.5. The summed E-state index contributed by atoms with van der Waals surface area (Å²) < 4.78 is 0. The summed E-state index contributed by atoms with van der Waals surface area (Å²) in [5, 5.41) is 2.12. The Morgan fingerprint density at radius 3 is 2.60 bits per heavy atom. The minimum absolute atomic E-state index is 0.0440. The fourth-order valence-corrected chi connectivity index (χ4v) is 5.02. The van der Waals surface area contributed by atoms with E-state index in [0.717, 1.165) is 31.2 Å². The molecule has 1 aromatic heterocycles. The molecule has 0 saturated heterocycles. The van der Waals surface area contributed by atoms with Gasteiger partial charge in [0.15, 0.2) is 0 Å². The first-order chi connectivity index (χ1) is 14.5. The van der Waals surface area contributed by atoms with Crippen molar-refractivity contribution in [3.63, 3.8) is 0 Å². The number of hydrogen-bond donors (Lipinski definition) is 0. The Labute approximate surface area is 184 Å². The summed E-state index contributed by atoms with van der Waals surface area (Å²) in [6.45, 7) is 9.15. The van der Waals surface area contributed by atoms with Gasteiger partial charge in [-0.05, 0) is 55.7 Å². The summed E-state index contributed by atoms with van der Waals surface area (Å²) in [5.74, 6) is 0.141. The predicted molar refractivity (Wildman–Crippen MR) is 124 cm³/mol. The van der Waals surface area contributed by atoms with Gasteiger partial charge in [0.25, 0.3) is 0 Å². The zero-order chi connectivity index (χ0) is 21.7. The SMILES string of the molecule is CCCCC(=O)N(CC(=O)N1CCc2sccc2[C@H]1c1ccc(C)cc1)[C@H](C)CC. The molecule has 0 unspecified atom stereocenters. The first-order valence-corrected chi connectivity index (χ1v) is 12.1. The van der Waals surface area contributed by atoms with Gasteiger partial charge in [-0.3, -0.25) is 9.59 Å². The molecule has 5 heteroatoms. The van der Waals surface area contributed by atoms with Crippen molar-refractivity contribution in [1.82, 2.24) is 9.80 Å². The van der Waals surface area contributed by atoms with Crippen LogP contribution < -0.4 is 0 Å². The van der Waals surface area contributed by atoms with Crippen LogP contribution in [0.15, 0.2) is 35.7 Å². The van der Waals surface area contributed by atoms with Crippen LogP contribution in [0.2, 0.25) is 0 Å². The van der Waals surface area contributed by atoms with Crippen molar-refractivity contribution in [2.75, 3.05) is 13.1 Å². The molecule has 0 radical (unpaired) electrons. The maximum absolute atomic E-state index is 13.5. The van der Waals surface area contributed by atoms with Crippen LogP contribution >= 0.6 is 11.3 Å². The number of benzene rings is 1. The molecule has 0 fully saturated rings. The molecule has 4 nitrogen and oxygen atoms in total. The molecule has 2 aromatic rings. The molecular weight excluding hydrogens is 392 g/mol. The third-order valence-corrected chi connectivity index (χ3v) is 7.17. The molecule has 1 aliphatic heterocycles. The third-order valence-electron chi connectivity index (χ3n) is 6.17. The lowest BCUT2D eigenvalue weighted by atomic mass is 9.92. The highest BCUT2D eigenvalue weighted by Gasteiger charge is 2.34. The van der Waals surface area contributed by atoms with Gasteiger partial charge in [-0.1, -0.05) is 50.1 Å². The van der Waals surface area contributed by atoms with Gasteiger partial charge in [-0.25, -0.2) is 0 Å². The second kappa shape index (κ2) is 10.3. The number of rotatable bonds is 8. The molecule has 0 spiro atoms. The Kier molecular flexibility index (Phi) is 7.70. The highest BCUT2D eigenvalue weighted by molar-refractivity contribution is 7.10. The maximum Gasteiger partial charge on any atom is 0.243 e. The minimum Gasteiger partial charge on any atom is -0.331 e. The van der Waals surface area contributed by atoms with E-state index in [1.54, 1.807) is 16.2 Å². The smallest absolute Gasteiger partial charge is 0.243 e. The van der Waals surface area contributed by atoms with Gasteiger partial charge >= 0.3 is 0 Å². The van der Waals surface area contributed by atoms with E-state index in [0.29, 0.717) is 13.0 Å². The van der Waals surface area contributed by atoms with E-state index in [2.05, 4.69) is 56.5 Å². The lowest BCUT2D eigenvalue weighted by Crippen LogP contribution is -2.49. The van der Waals surface area contributed by atoms with Gasteiger partial charge in [0.1, 0.15) is 6.54 Å². The molecule has 1 aliphatic rings. The van der Waals surface area contributed by atoms with Gasteiger partial charge in [-0.2, -0.15) is 0 Å². The quantitative estimate of drug-likeness (QED) is 0.571. The molecule has 162 valence electrons. The van der Waals surface area contributed by atoms with Crippen molar-refractivity contribution in [2.45, 2.75) is 71.9 Å². The van der Waals surface area contributed by atoms with Gasteiger partial charge in [-0.15, -0.1) is 11.3 Å². The Morgan fingerprint density at radius 1 is 1.20 bits per heavy atom. The summed E-state index contributed by atoms with van der Waals surface area (Å²) >= 11 is 1.77. The number of aryl methyl sites for hydroxylation is 1. The number of hydrogen-bond acceptors (Lipinski definition) is 3. The molecule has 2 amide bonds. The number of unbranched alkanes of at least 4 members (excludes halogenated alkanes) is 1. The van der Waals surface area contributed by atoms with Gasteiger partial charge < -0.3 is 9.80 Å². The Balaban J connectivity index is 1.86. The summed E-state index contributed by atoms with van der Waals surface area (Å²) in [7, 11) is 0. The molecule has 0 N–H and O–H groups in total. The van der Waals surface area contributed by atoms with Crippen molar-refractivity contribution < 1.29 is 9.59 Å². The molecule has 0 aliphatic carbocycles. The Hall–Kier alpha value is -2.14. The number of carbonyl (C=O) groups excluding carboxylic acids is 2. The van der Waals surface area contributed by atoms with Crippen molar-refractivity contribution >= 4 is 23.2 Å². The molecule has 2 heterocycles. The first-order valence-electron chi connectivity index (χ1n) is 11.2. The van der Waals surface area contributed by atoms with Crippen molar-refractivity contribution in [3.05, 3.63) is 57.3 Å². The topological polar surface area (TPSA) is 40.6 Å². The average molecular weight is 427 g/mol. The number of fused-ring (bicyclic) bond motifs is 1. The molecule has 30 heavy (non-hydrogen) atoms.